The van der Waals surface area contributed by atoms with Crippen LogP contribution in [-0.4, -0.2) is 0 Å². The molecule has 0 atom stereocenters. The summed E-state index contributed by atoms with van der Waals surface area (Å²) in [6.07, 6.45) is 0. The van der Waals surface area contributed by atoms with Gasteiger partial charge >= 0.3 is 0 Å². The van der Waals surface area contributed by atoms with E-state index in [-0.39, 0.29) is 0 Å². The summed E-state index contributed by atoms with van der Waals surface area (Å²) in [6, 6.07) is 61.4. The summed E-state index contributed by atoms with van der Waals surface area (Å²) in [7, 11) is 0. The number of fused-ring (bicyclic) bond motifs is 15. The molecule has 0 amide bonds. The van der Waals surface area contributed by atoms with Gasteiger partial charge in [-0.3, -0.25) is 0 Å². The van der Waals surface area contributed by atoms with Gasteiger partial charge in [-0.25, -0.2) is 0 Å². The fraction of sp³-hybridized carbons (Fsp3) is 0. The summed E-state index contributed by atoms with van der Waals surface area (Å²) >= 11 is 0. The van der Waals surface area contributed by atoms with E-state index in [0.29, 0.717) is 0 Å². The van der Waals surface area contributed by atoms with E-state index in [1.165, 1.54) is 70.6 Å². The lowest BCUT2D eigenvalue weighted by molar-refractivity contribution is 0.663. The lowest BCUT2D eigenvalue weighted by atomic mass is 9.84. The minimum atomic E-state index is 0.847. The topological polar surface area (TPSA) is 26.3 Å². The van der Waals surface area contributed by atoms with Crippen LogP contribution in [0.4, 0.5) is 0 Å². The molecule has 0 unspecified atom stereocenters. The molecule has 0 aliphatic heterocycles. The van der Waals surface area contributed by atoms with Crippen LogP contribution in [0.15, 0.2) is 179 Å². The zero-order chi connectivity index (χ0) is 33.9. The average molecular weight is 661 g/mol. The van der Waals surface area contributed by atoms with Gasteiger partial charge in [0, 0.05) is 27.3 Å². The van der Waals surface area contributed by atoms with E-state index in [0.717, 1.165) is 49.4 Å². The fourth-order valence-electron chi connectivity index (χ4n) is 9.04. The molecule has 0 aliphatic carbocycles. The fourth-order valence-corrected chi connectivity index (χ4v) is 9.04. The first-order valence-electron chi connectivity index (χ1n) is 17.8. The van der Waals surface area contributed by atoms with Crippen LogP contribution in [0.3, 0.4) is 0 Å². The van der Waals surface area contributed by atoms with E-state index in [4.69, 9.17) is 8.83 Å². The molecular formula is C50H28O2. The molecule has 0 fully saturated rings. The third-order valence-electron chi connectivity index (χ3n) is 11.2. The van der Waals surface area contributed by atoms with Gasteiger partial charge < -0.3 is 8.83 Å². The van der Waals surface area contributed by atoms with Crippen molar-refractivity contribution >= 4 is 97.7 Å². The maximum atomic E-state index is 6.82. The van der Waals surface area contributed by atoms with E-state index >= 15 is 0 Å². The monoisotopic (exact) mass is 660 g/mol. The van der Waals surface area contributed by atoms with Crippen molar-refractivity contribution in [2.45, 2.75) is 0 Å². The van der Waals surface area contributed by atoms with Gasteiger partial charge in [-0.05, 0) is 89.3 Å². The van der Waals surface area contributed by atoms with Crippen LogP contribution < -0.4 is 0 Å². The van der Waals surface area contributed by atoms with Gasteiger partial charge in [0.05, 0.1) is 5.39 Å². The third kappa shape index (κ3) is 3.68. The molecule has 2 heterocycles. The van der Waals surface area contributed by atoms with Crippen molar-refractivity contribution < 1.29 is 8.83 Å². The molecule has 0 N–H and O–H groups in total. The number of furan rings is 2. The molecule has 2 aromatic heterocycles. The Balaban J connectivity index is 1.23. The van der Waals surface area contributed by atoms with Crippen molar-refractivity contribution in [2.24, 2.45) is 0 Å². The molecule has 10 aromatic carbocycles. The molecule has 0 saturated carbocycles. The molecular weight excluding hydrogens is 633 g/mol. The number of rotatable bonds is 2. The summed E-state index contributed by atoms with van der Waals surface area (Å²) in [5, 5.41) is 16.7. The summed E-state index contributed by atoms with van der Waals surface area (Å²) < 4.78 is 13.4. The Morgan fingerprint density at radius 1 is 0.269 bits per heavy atom. The summed E-state index contributed by atoms with van der Waals surface area (Å²) in [5.41, 5.74) is 8.13. The van der Waals surface area contributed by atoms with E-state index in [9.17, 15) is 0 Å². The second kappa shape index (κ2) is 10.3. The largest absolute Gasteiger partial charge is 0.455 e. The lowest BCUT2D eigenvalue weighted by Crippen LogP contribution is -1.92. The average Bonchev–Trinajstić information content (AvgIpc) is 3.78. The van der Waals surface area contributed by atoms with E-state index < -0.39 is 0 Å². The molecule has 0 spiro atoms. The predicted molar refractivity (Wildman–Crippen MR) is 219 cm³/mol. The highest BCUT2D eigenvalue weighted by Crippen LogP contribution is 2.50. The highest BCUT2D eigenvalue weighted by Gasteiger charge is 2.24. The Hall–Kier alpha value is -6.90. The standard InChI is InChI=1S/C50H28O2/c1-2-15-32-30(13-1)31-14-3-4-16-33(31)41-27-29(25-26-34(32)41)46-36-18-5-7-20-38(36)47(39-21-8-6-19-37(39)46)43-28-42-35-17-9-11-23-44(35)51-49(42)48-40-22-10-12-24-45(40)52-50(43)48/h1-28H. The number of hydrogen-bond acceptors (Lipinski definition) is 2. The quantitative estimate of drug-likeness (QED) is 0.136. The van der Waals surface area contributed by atoms with E-state index in [1.54, 1.807) is 0 Å². The second-order valence-corrected chi connectivity index (χ2v) is 13.9. The van der Waals surface area contributed by atoms with Gasteiger partial charge in [0.25, 0.3) is 0 Å². The highest BCUT2D eigenvalue weighted by molar-refractivity contribution is 6.31. The SMILES string of the molecule is c1ccc2c(c1)oc1c2cc(-c2c3ccccc3c(-c3ccc4c5ccccc5c5ccccc5c4c3)c3ccccc23)c2oc3ccccc3c21. The van der Waals surface area contributed by atoms with Gasteiger partial charge in [-0.1, -0.05) is 146 Å². The first-order chi connectivity index (χ1) is 25.8. The van der Waals surface area contributed by atoms with Crippen molar-refractivity contribution in [3.05, 3.63) is 170 Å². The number of para-hydroxylation sites is 2. The van der Waals surface area contributed by atoms with Gasteiger partial charge in [0.15, 0.2) is 0 Å². The van der Waals surface area contributed by atoms with Crippen molar-refractivity contribution in [1.29, 1.82) is 0 Å². The second-order valence-electron chi connectivity index (χ2n) is 13.9. The van der Waals surface area contributed by atoms with Crippen molar-refractivity contribution in [2.75, 3.05) is 0 Å². The van der Waals surface area contributed by atoms with Crippen molar-refractivity contribution in [3.8, 4) is 22.3 Å². The van der Waals surface area contributed by atoms with Gasteiger partial charge in [-0.15, -0.1) is 0 Å². The number of hydrogen-bond donors (Lipinski definition) is 0. The smallest absolute Gasteiger partial charge is 0.147 e. The van der Waals surface area contributed by atoms with E-state index in [2.05, 4.69) is 158 Å². The summed E-state index contributed by atoms with van der Waals surface area (Å²) in [5.74, 6) is 0. The molecule has 12 rings (SSSR count). The molecule has 0 saturated heterocycles. The van der Waals surface area contributed by atoms with Gasteiger partial charge in [0.2, 0.25) is 0 Å². The zero-order valence-electron chi connectivity index (χ0n) is 28.0. The Morgan fingerprint density at radius 3 is 1.29 bits per heavy atom. The van der Waals surface area contributed by atoms with Crippen LogP contribution in [0, 0.1) is 0 Å². The van der Waals surface area contributed by atoms with Gasteiger partial charge in [0.1, 0.15) is 22.3 Å². The Kier molecular flexibility index (Phi) is 5.53. The van der Waals surface area contributed by atoms with E-state index in [1.807, 2.05) is 12.1 Å². The molecule has 52 heavy (non-hydrogen) atoms. The summed E-state index contributed by atoms with van der Waals surface area (Å²) in [4.78, 5) is 0. The van der Waals surface area contributed by atoms with Crippen LogP contribution in [0.25, 0.3) is 120 Å². The lowest BCUT2D eigenvalue weighted by Gasteiger charge is -2.19. The van der Waals surface area contributed by atoms with Crippen LogP contribution in [0.2, 0.25) is 0 Å². The first-order valence-corrected chi connectivity index (χ1v) is 17.8. The molecule has 0 aliphatic rings. The minimum Gasteiger partial charge on any atom is -0.455 e. The normalized spacial score (nSPS) is 12.2. The first kappa shape index (κ1) is 27.9. The highest BCUT2D eigenvalue weighted by atomic mass is 16.3. The van der Waals surface area contributed by atoms with Crippen molar-refractivity contribution in [1.82, 2.24) is 0 Å². The Labute approximate surface area is 297 Å². The predicted octanol–water partition coefficient (Wildman–Crippen LogP) is 14.6. The molecule has 240 valence electrons. The molecule has 0 radical (unpaired) electrons. The Bertz CT molecular complexity index is 3380. The Morgan fingerprint density at radius 2 is 0.692 bits per heavy atom. The maximum Gasteiger partial charge on any atom is 0.147 e. The number of benzene rings is 10. The molecule has 2 nitrogen and oxygen atoms in total. The van der Waals surface area contributed by atoms with Crippen molar-refractivity contribution in [3.63, 3.8) is 0 Å². The minimum absolute atomic E-state index is 0.847. The molecule has 2 heteroatoms. The van der Waals surface area contributed by atoms with Crippen LogP contribution >= 0.6 is 0 Å². The molecule has 12 aromatic rings. The van der Waals surface area contributed by atoms with Crippen LogP contribution in [0.5, 0.6) is 0 Å². The van der Waals surface area contributed by atoms with Crippen LogP contribution in [0.1, 0.15) is 0 Å². The molecule has 0 bridgehead atoms. The van der Waals surface area contributed by atoms with Gasteiger partial charge in [-0.2, -0.15) is 0 Å². The third-order valence-corrected chi connectivity index (χ3v) is 11.2. The zero-order valence-corrected chi connectivity index (χ0v) is 28.0. The van der Waals surface area contributed by atoms with Crippen LogP contribution in [-0.2, 0) is 0 Å². The maximum absolute atomic E-state index is 6.82. The summed E-state index contributed by atoms with van der Waals surface area (Å²) in [6.45, 7) is 0.